The van der Waals surface area contributed by atoms with Crippen LogP contribution < -0.4 is 4.74 Å². The number of halogens is 3. The standard InChI is InChI=1S/C37H34Cl2FNO3/c38-27-12-16-32(35(39)22-27)33-8-3-5-25-21-26(30-6-1-2-7-34(30)37(42)43)11-15-31(25)36(33)24-9-13-28(14-10-24)44-29-17-20-41(23-29)19-4-18-40/h1-2,6-7,9-16,21-22,29H,3-5,8,17-20,23H2,(H,42,43)/t29-/m0/s1. The van der Waals surface area contributed by atoms with Gasteiger partial charge in [0.1, 0.15) is 11.9 Å². The SMILES string of the molecule is O=C(O)c1ccccc1-c1ccc2c(c1)CCCC(c1ccc(Cl)cc1Cl)=C2c1ccc(O[C@H]2CCN(CCCF)C2)cc1. The summed E-state index contributed by atoms with van der Waals surface area (Å²) in [4.78, 5) is 14.2. The van der Waals surface area contributed by atoms with Gasteiger partial charge in [0.15, 0.2) is 0 Å². The van der Waals surface area contributed by atoms with Crippen molar-refractivity contribution in [3.63, 3.8) is 0 Å². The number of ether oxygens (including phenoxy) is 1. The van der Waals surface area contributed by atoms with Gasteiger partial charge in [-0.05, 0) is 107 Å². The van der Waals surface area contributed by atoms with Gasteiger partial charge in [0, 0.05) is 29.7 Å². The molecule has 6 rings (SSSR count). The number of carboxylic acid groups (broad SMARTS) is 1. The Labute approximate surface area is 267 Å². The fourth-order valence-corrected chi connectivity index (χ4v) is 7.00. The van der Waals surface area contributed by atoms with E-state index in [4.69, 9.17) is 27.9 Å². The number of allylic oxidation sites excluding steroid dienone is 1. The lowest BCUT2D eigenvalue weighted by molar-refractivity contribution is 0.0697. The number of aromatic carboxylic acids is 1. The predicted octanol–water partition coefficient (Wildman–Crippen LogP) is 9.47. The van der Waals surface area contributed by atoms with E-state index in [0.717, 1.165) is 90.0 Å². The first kappa shape index (κ1) is 30.4. The highest BCUT2D eigenvalue weighted by Crippen LogP contribution is 2.43. The van der Waals surface area contributed by atoms with Crippen LogP contribution in [0.5, 0.6) is 5.75 Å². The van der Waals surface area contributed by atoms with Gasteiger partial charge in [0.2, 0.25) is 0 Å². The molecular formula is C37H34Cl2FNO3. The minimum Gasteiger partial charge on any atom is -0.489 e. The number of nitrogens with zero attached hydrogens (tertiary/aromatic N) is 1. The number of hydrogen-bond donors (Lipinski definition) is 1. The zero-order valence-corrected chi connectivity index (χ0v) is 25.9. The number of carbonyl (C=O) groups is 1. The molecule has 0 bridgehead atoms. The highest BCUT2D eigenvalue weighted by molar-refractivity contribution is 6.36. The molecule has 0 aromatic heterocycles. The van der Waals surface area contributed by atoms with Crippen LogP contribution in [-0.4, -0.2) is 48.4 Å². The van der Waals surface area contributed by atoms with Crippen LogP contribution in [0.3, 0.4) is 0 Å². The van der Waals surface area contributed by atoms with Crippen LogP contribution in [0.4, 0.5) is 4.39 Å². The van der Waals surface area contributed by atoms with E-state index < -0.39 is 5.97 Å². The molecule has 0 saturated carbocycles. The Kier molecular flexibility index (Phi) is 9.36. The van der Waals surface area contributed by atoms with Crippen molar-refractivity contribution in [2.75, 3.05) is 26.3 Å². The first-order valence-corrected chi connectivity index (χ1v) is 15.9. The van der Waals surface area contributed by atoms with Gasteiger partial charge in [0.25, 0.3) is 0 Å². The third-order valence-corrected chi connectivity index (χ3v) is 9.10. The largest absolute Gasteiger partial charge is 0.489 e. The van der Waals surface area contributed by atoms with Crippen LogP contribution >= 0.6 is 23.2 Å². The smallest absolute Gasteiger partial charge is 0.336 e. The molecule has 1 heterocycles. The Morgan fingerprint density at radius 2 is 1.68 bits per heavy atom. The van der Waals surface area contributed by atoms with Crippen LogP contribution in [0.15, 0.2) is 84.9 Å². The summed E-state index contributed by atoms with van der Waals surface area (Å²) in [5.41, 5.74) is 8.40. The lowest BCUT2D eigenvalue weighted by atomic mass is 9.86. The molecule has 1 atom stereocenters. The van der Waals surface area contributed by atoms with Crippen LogP contribution in [0.1, 0.15) is 58.3 Å². The van der Waals surface area contributed by atoms with Crippen molar-refractivity contribution >= 4 is 40.3 Å². The van der Waals surface area contributed by atoms with Gasteiger partial charge in [-0.2, -0.15) is 0 Å². The van der Waals surface area contributed by atoms with Gasteiger partial charge in [-0.15, -0.1) is 0 Å². The molecule has 0 amide bonds. The first-order valence-electron chi connectivity index (χ1n) is 15.1. The molecule has 226 valence electrons. The lowest BCUT2D eigenvalue weighted by Crippen LogP contribution is -2.26. The average molecular weight is 631 g/mol. The maximum Gasteiger partial charge on any atom is 0.336 e. The van der Waals surface area contributed by atoms with Gasteiger partial charge in [-0.3, -0.25) is 9.29 Å². The zero-order valence-electron chi connectivity index (χ0n) is 24.4. The monoisotopic (exact) mass is 629 g/mol. The summed E-state index contributed by atoms with van der Waals surface area (Å²) in [5, 5.41) is 11.0. The summed E-state index contributed by atoms with van der Waals surface area (Å²) >= 11 is 13.1. The Bertz CT molecular complexity index is 1700. The van der Waals surface area contributed by atoms with E-state index in [1.807, 2.05) is 42.5 Å². The molecule has 1 N–H and O–H groups in total. The van der Waals surface area contributed by atoms with E-state index in [-0.39, 0.29) is 18.3 Å². The van der Waals surface area contributed by atoms with E-state index in [2.05, 4.69) is 29.2 Å². The minimum absolute atomic E-state index is 0.0915. The normalized spacial score (nSPS) is 16.9. The van der Waals surface area contributed by atoms with E-state index in [0.29, 0.717) is 22.0 Å². The summed E-state index contributed by atoms with van der Waals surface area (Å²) in [6, 6.07) is 27.3. The topological polar surface area (TPSA) is 49.8 Å². The summed E-state index contributed by atoms with van der Waals surface area (Å²) in [5.74, 6) is -0.129. The van der Waals surface area contributed by atoms with Gasteiger partial charge in [-0.25, -0.2) is 4.79 Å². The molecule has 1 saturated heterocycles. The molecule has 4 aromatic rings. The van der Waals surface area contributed by atoms with Gasteiger partial charge >= 0.3 is 5.97 Å². The van der Waals surface area contributed by atoms with Crippen LogP contribution in [0.2, 0.25) is 10.0 Å². The van der Waals surface area contributed by atoms with Crippen molar-refractivity contribution < 1.29 is 19.0 Å². The lowest BCUT2D eigenvalue weighted by Gasteiger charge is -2.19. The molecule has 0 radical (unpaired) electrons. The number of aryl methyl sites for hydroxylation is 1. The van der Waals surface area contributed by atoms with Gasteiger partial charge in [-0.1, -0.05) is 77.8 Å². The molecule has 2 aliphatic rings. The maximum atomic E-state index is 12.6. The summed E-state index contributed by atoms with van der Waals surface area (Å²) in [6.07, 6.45) is 4.16. The van der Waals surface area contributed by atoms with E-state index >= 15 is 0 Å². The zero-order chi connectivity index (χ0) is 30.6. The number of hydrogen-bond acceptors (Lipinski definition) is 3. The molecule has 4 aromatic carbocycles. The molecule has 4 nitrogen and oxygen atoms in total. The molecule has 1 aliphatic carbocycles. The van der Waals surface area contributed by atoms with Crippen molar-refractivity contribution in [1.29, 1.82) is 0 Å². The highest BCUT2D eigenvalue weighted by Gasteiger charge is 2.25. The van der Waals surface area contributed by atoms with Crippen molar-refractivity contribution in [1.82, 2.24) is 4.90 Å². The molecule has 0 spiro atoms. The average Bonchev–Trinajstić information content (AvgIpc) is 3.39. The van der Waals surface area contributed by atoms with Crippen molar-refractivity contribution in [2.24, 2.45) is 0 Å². The third kappa shape index (κ3) is 6.56. The number of carboxylic acids is 1. The van der Waals surface area contributed by atoms with Crippen molar-refractivity contribution in [3.8, 4) is 16.9 Å². The fourth-order valence-electron chi connectivity index (χ4n) is 6.48. The van der Waals surface area contributed by atoms with E-state index in [1.54, 1.807) is 18.2 Å². The molecular weight excluding hydrogens is 596 g/mol. The quantitative estimate of drug-likeness (QED) is 0.200. The number of alkyl halides is 1. The first-order chi connectivity index (χ1) is 21.4. The predicted molar refractivity (Wildman–Crippen MR) is 177 cm³/mol. The molecule has 0 unspecified atom stereocenters. The van der Waals surface area contributed by atoms with Gasteiger partial charge < -0.3 is 9.84 Å². The second-order valence-corrected chi connectivity index (χ2v) is 12.3. The number of rotatable bonds is 9. The number of benzene rings is 4. The van der Waals surface area contributed by atoms with Crippen LogP contribution in [0.25, 0.3) is 22.3 Å². The minimum atomic E-state index is -0.942. The summed E-state index contributed by atoms with van der Waals surface area (Å²) < 4.78 is 18.9. The Morgan fingerprint density at radius 1 is 0.909 bits per heavy atom. The van der Waals surface area contributed by atoms with Crippen LogP contribution in [0, 0.1) is 0 Å². The number of fused-ring (bicyclic) bond motifs is 1. The summed E-state index contributed by atoms with van der Waals surface area (Å²) in [6.45, 7) is 2.22. The summed E-state index contributed by atoms with van der Waals surface area (Å²) in [7, 11) is 0. The molecule has 1 fully saturated rings. The second kappa shape index (κ2) is 13.6. The van der Waals surface area contributed by atoms with Crippen molar-refractivity contribution in [2.45, 2.75) is 38.2 Å². The Morgan fingerprint density at radius 3 is 2.45 bits per heavy atom. The molecule has 1 aliphatic heterocycles. The van der Waals surface area contributed by atoms with E-state index in [9.17, 15) is 14.3 Å². The molecule has 44 heavy (non-hydrogen) atoms. The third-order valence-electron chi connectivity index (χ3n) is 8.56. The van der Waals surface area contributed by atoms with Crippen LogP contribution in [-0.2, 0) is 6.42 Å². The maximum absolute atomic E-state index is 12.6. The molecule has 7 heteroatoms. The second-order valence-electron chi connectivity index (χ2n) is 11.4. The highest BCUT2D eigenvalue weighted by atomic mass is 35.5. The number of likely N-dealkylation sites (tertiary alicyclic amines) is 1. The van der Waals surface area contributed by atoms with Crippen molar-refractivity contribution in [3.05, 3.63) is 123 Å². The fraction of sp³-hybridized carbons (Fsp3) is 0.270. The van der Waals surface area contributed by atoms with Gasteiger partial charge in [0.05, 0.1) is 12.2 Å². The Hall–Kier alpha value is -3.64. The van der Waals surface area contributed by atoms with E-state index in [1.165, 1.54) is 0 Å². The Balaban J connectivity index is 1.39.